The number of rotatable bonds is 3. The summed E-state index contributed by atoms with van der Waals surface area (Å²) >= 11 is 0. The maximum Gasteiger partial charge on any atom is 0.407 e. The SMILES string of the molecule is CC(=O)NC[C@@H]1CC[C@@H](NC(=O)OC(C)(C)C)CO1. The summed E-state index contributed by atoms with van der Waals surface area (Å²) < 4.78 is 10.8. The molecule has 110 valence electrons. The normalized spacial score (nSPS) is 23.6. The van der Waals surface area contributed by atoms with Gasteiger partial charge in [0.2, 0.25) is 5.91 Å². The second-order valence-electron chi connectivity index (χ2n) is 5.81. The Labute approximate surface area is 114 Å². The molecule has 0 aromatic rings. The van der Waals surface area contributed by atoms with E-state index in [0.717, 1.165) is 12.8 Å². The summed E-state index contributed by atoms with van der Waals surface area (Å²) in [5.41, 5.74) is -0.493. The molecule has 0 bridgehead atoms. The monoisotopic (exact) mass is 272 g/mol. The number of carbonyl (C=O) groups is 2. The van der Waals surface area contributed by atoms with Gasteiger partial charge in [0.15, 0.2) is 0 Å². The van der Waals surface area contributed by atoms with Crippen LogP contribution in [-0.2, 0) is 14.3 Å². The zero-order valence-corrected chi connectivity index (χ0v) is 12.1. The molecule has 6 heteroatoms. The van der Waals surface area contributed by atoms with E-state index < -0.39 is 11.7 Å². The molecule has 2 atom stereocenters. The minimum atomic E-state index is -0.493. The summed E-state index contributed by atoms with van der Waals surface area (Å²) in [5.74, 6) is -0.0578. The van der Waals surface area contributed by atoms with Gasteiger partial charge in [-0.05, 0) is 33.6 Å². The second-order valence-corrected chi connectivity index (χ2v) is 5.81. The lowest BCUT2D eigenvalue weighted by molar-refractivity contribution is -0.119. The Morgan fingerprint density at radius 3 is 2.47 bits per heavy atom. The zero-order valence-electron chi connectivity index (χ0n) is 12.1. The molecular weight excluding hydrogens is 248 g/mol. The largest absolute Gasteiger partial charge is 0.444 e. The van der Waals surface area contributed by atoms with Crippen LogP contribution in [0.4, 0.5) is 4.79 Å². The first-order chi connectivity index (χ1) is 8.76. The molecule has 1 rings (SSSR count). The molecule has 1 aliphatic heterocycles. The van der Waals surface area contributed by atoms with Crippen LogP contribution in [0, 0.1) is 0 Å². The molecule has 0 unspecified atom stereocenters. The maximum atomic E-state index is 11.6. The quantitative estimate of drug-likeness (QED) is 0.809. The van der Waals surface area contributed by atoms with Crippen molar-refractivity contribution in [3.05, 3.63) is 0 Å². The van der Waals surface area contributed by atoms with Crippen molar-refractivity contribution in [2.75, 3.05) is 13.2 Å². The topological polar surface area (TPSA) is 76.7 Å². The minimum Gasteiger partial charge on any atom is -0.444 e. The third-order valence-corrected chi connectivity index (χ3v) is 2.67. The number of amides is 2. The van der Waals surface area contributed by atoms with E-state index >= 15 is 0 Å². The third kappa shape index (κ3) is 7.00. The smallest absolute Gasteiger partial charge is 0.407 e. The van der Waals surface area contributed by atoms with Crippen molar-refractivity contribution in [2.45, 2.75) is 58.3 Å². The predicted octanol–water partition coefficient (Wildman–Crippen LogP) is 1.19. The number of ether oxygens (including phenoxy) is 2. The molecule has 1 heterocycles. The van der Waals surface area contributed by atoms with Gasteiger partial charge in [-0.2, -0.15) is 0 Å². The van der Waals surface area contributed by atoms with Gasteiger partial charge in [0, 0.05) is 13.5 Å². The van der Waals surface area contributed by atoms with Crippen molar-refractivity contribution in [3.63, 3.8) is 0 Å². The number of nitrogens with one attached hydrogen (secondary N) is 2. The van der Waals surface area contributed by atoms with Gasteiger partial charge in [0.1, 0.15) is 5.60 Å². The number of carbonyl (C=O) groups excluding carboxylic acids is 2. The van der Waals surface area contributed by atoms with E-state index in [9.17, 15) is 9.59 Å². The molecule has 2 N–H and O–H groups in total. The molecule has 2 amide bonds. The fourth-order valence-electron chi connectivity index (χ4n) is 1.81. The molecule has 0 aliphatic carbocycles. The van der Waals surface area contributed by atoms with Gasteiger partial charge in [0.25, 0.3) is 0 Å². The van der Waals surface area contributed by atoms with Crippen LogP contribution >= 0.6 is 0 Å². The summed E-state index contributed by atoms with van der Waals surface area (Å²) in [6.07, 6.45) is 1.24. The molecule has 19 heavy (non-hydrogen) atoms. The van der Waals surface area contributed by atoms with Crippen LogP contribution in [0.5, 0.6) is 0 Å². The third-order valence-electron chi connectivity index (χ3n) is 2.67. The van der Waals surface area contributed by atoms with E-state index in [1.165, 1.54) is 6.92 Å². The number of hydrogen-bond acceptors (Lipinski definition) is 4. The standard InChI is InChI=1S/C13H24N2O4/c1-9(16)14-7-11-6-5-10(8-18-11)15-12(17)19-13(2,3)4/h10-11H,5-8H2,1-4H3,(H,14,16)(H,15,17)/t10-,11+/m1/s1. The molecule has 0 aromatic heterocycles. The lowest BCUT2D eigenvalue weighted by atomic mass is 10.1. The van der Waals surface area contributed by atoms with Gasteiger partial charge in [0.05, 0.1) is 18.8 Å². The Bertz CT molecular complexity index is 317. The van der Waals surface area contributed by atoms with Gasteiger partial charge < -0.3 is 20.1 Å². The van der Waals surface area contributed by atoms with Gasteiger partial charge in [-0.3, -0.25) is 4.79 Å². The molecule has 0 saturated carbocycles. The highest BCUT2D eigenvalue weighted by Crippen LogP contribution is 2.14. The first-order valence-electron chi connectivity index (χ1n) is 6.62. The van der Waals surface area contributed by atoms with Crippen LogP contribution in [0.15, 0.2) is 0 Å². The molecule has 1 fully saturated rings. The summed E-state index contributed by atoms with van der Waals surface area (Å²) in [5, 5.41) is 5.51. The van der Waals surface area contributed by atoms with E-state index in [-0.39, 0.29) is 18.1 Å². The van der Waals surface area contributed by atoms with E-state index in [1.54, 1.807) is 0 Å². The highest BCUT2D eigenvalue weighted by molar-refractivity contribution is 5.72. The summed E-state index contributed by atoms with van der Waals surface area (Å²) in [6.45, 7) is 7.93. The van der Waals surface area contributed by atoms with E-state index in [4.69, 9.17) is 9.47 Å². The number of hydrogen-bond donors (Lipinski definition) is 2. The second kappa shape index (κ2) is 6.75. The average molecular weight is 272 g/mol. The van der Waals surface area contributed by atoms with Crippen molar-refractivity contribution in [1.29, 1.82) is 0 Å². The summed E-state index contributed by atoms with van der Waals surface area (Å²) in [4.78, 5) is 22.4. The van der Waals surface area contributed by atoms with Crippen molar-refractivity contribution >= 4 is 12.0 Å². The van der Waals surface area contributed by atoms with Gasteiger partial charge in [-0.15, -0.1) is 0 Å². The highest BCUT2D eigenvalue weighted by Gasteiger charge is 2.25. The van der Waals surface area contributed by atoms with E-state index in [2.05, 4.69) is 10.6 Å². The molecule has 0 aromatic carbocycles. The Hall–Kier alpha value is -1.30. The Morgan fingerprint density at radius 1 is 1.32 bits per heavy atom. The fraction of sp³-hybridized carbons (Fsp3) is 0.846. The fourth-order valence-corrected chi connectivity index (χ4v) is 1.81. The molecule has 0 radical (unpaired) electrons. The van der Waals surface area contributed by atoms with Crippen molar-refractivity contribution in [3.8, 4) is 0 Å². The van der Waals surface area contributed by atoms with Crippen molar-refractivity contribution in [1.82, 2.24) is 10.6 Å². The highest BCUT2D eigenvalue weighted by atomic mass is 16.6. The molecule has 1 aliphatic rings. The van der Waals surface area contributed by atoms with Crippen LogP contribution in [0.2, 0.25) is 0 Å². The van der Waals surface area contributed by atoms with Gasteiger partial charge in [-0.25, -0.2) is 4.79 Å². The van der Waals surface area contributed by atoms with Crippen molar-refractivity contribution < 1.29 is 19.1 Å². The predicted molar refractivity (Wildman–Crippen MR) is 70.8 cm³/mol. The molecule has 1 saturated heterocycles. The summed E-state index contributed by atoms with van der Waals surface area (Å²) in [6, 6.07) is -0.0246. The van der Waals surface area contributed by atoms with Crippen LogP contribution in [0.3, 0.4) is 0 Å². The Kier molecular flexibility index (Phi) is 5.60. The van der Waals surface area contributed by atoms with E-state index in [0.29, 0.717) is 13.2 Å². The molecule has 6 nitrogen and oxygen atoms in total. The lowest BCUT2D eigenvalue weighted by Gasteiger charge is -2.30. The summed E-state index contributed by atoms with van der Waals surface area (Å²) in [7, 11) is 0. The van der Waals surface area contributed by atoms with E-state index in [1.807, 2.05) is 20.8 Å². The van der Waals surface area contributed by atoms with Crippen LogP contribution in [-0.4, -0.2) is 42.9 Å². The average Bonchev–Trinajstić information content (AvgIpc) is 2.25. The Morgan fingerprint density at radius 2 is 2.00 bits per heavy atom. The van der Waals surface area contributed by atoms with Crippen LogP contribution < -0.4 is 10.6 Å². The van der Waals surface area contributed by atoms with Gasteiger partial charge >= 0.3 is 6.09 Å². The molecule has 0 spiro atoms. The van der Waals surface area contributed by atoms with Crippen LogP contribution in [0.1, 0.15) is 40.5 Å². The maximum absolute atomic E-state index is 11.6. The van der Waals surface area contributed by atoms with Gasteiger partial charge in [-0.1, -0.05) is 0 Å². The lowest BCUT2D eigenvalue weighted by Crippen LogP contribution is -2.46. The van der Waals surface area contributed by atoms with Crippen molar-refractivity contribution in [2.24, 2.45) is 0 Å². The number of alkyl carbamates (subject to hydrolysis) is 1. The minimum absolute atomic E-state index is 0.0246. The molecular formula is C13H24N2O4. The van der Waals surface area contributed by atoms with Crippen LogP contribution in [0.25, 0.3) is 0 Å². The zero-order chi connectivity index (χ0) is 14.5. The Balaban J connectivity index is 2.23. The first-order valence-corrected chi connectivity index (χ1v) is 6.62. The first kappa shape index (κ1) is 15.8.